The molecule has 1 aromatic carbocycles. The van der Waals surface area contributed by atoms with E-state index in [-0.39, 0.29) is 36.0 Å². The lowest BCUT2D eigenvalue weighted by molar-refractivity contribution is 0.0531. The predicted molar refractivity (Wildman–Crippen MR) is 136 cm³/mol. The Morgan fingerprint density at radius 2 is 2.03 bits per heavy atom. The highest BCUT2D eigenvalue weighted by Gasteiger charge is 2.20. The Labute approximate surface area is 203 Å². The summed E-state index contributed by atoms with van der Waals surface area (Å²) < 4.78 is 5.11. The van der Waals surface area contributed by atoms with Gasteiger partial charge in [-0.2, -0.15) is 0 Å². The first-order chi connectivity index (χ1) is 14.5. The molecule has 0 radical (unpaired) electrons. The summed E-state index contributed by atoms with van der Waals surface area (Å²) in [6, 6.07) is 9.98. The van der Waals surface area contributed by atoms with Gasteiger partial charge in [-0.25, -0.2) is 14.8 Å². The number of aliphatic imine (C=N–C) groups is 1. The Hall–Kier alpha value is -2.27. The largest absolute Gasteiger partial charge is 0.462 e. The zero-order valence-corrected chi connectivity index (χ0v) is 21.3. The zero-order valence-electron chi connectivity index (χ0n) is 18.1. The van der Waals surface area contributed by atoms with E-state index in [9.17, 15) is 4.79 Å². The Bertz CT molecular complexity index is 1050. The van der Waals surface area contributed by atoms with Crippen LogP contribution in [-0.2, 0) is 11.3 Å². The summed E-state index contributed by atoms with van der Waals surface area (Å²) in [6.07, 6.45) is 1.80. The van der Waals surface area contributed by atoms with Gasteiger partial charge in [-0.1, -0.05) is 24.3 Å². The number of halogens is 1. The van der Waals surface area contributed by atoms with E-state index < -0.39 is 0 Å². The second-order valence-electron chi connectivity index (χ2n) is 6.74. The summed E-state index contributed by atoms with van der Waals surface area (Å²) in [4.78, 5) is 26.4. The molecule has 7 nitrogen and oxygen atoms in total. The maximum absolute atomic E-state index is 12.1. The molecule has 0 bridgehead atoms. The SMILES string of the molecule is CCNC(=NCc1cccc2cccnc12)NC(C)c1nc(C)c(C(=O)OCC)s1.I. The highest BCUT2D eigenvalue weighted by atomic mass is 127. The Morgan fingerprint density at radius 3 is 2.77 bits per heavy atom. The fourth-order valence-corrected chi connectivity index (χ4v) is 4.00. The van der Waals surface area contributed by atoms with Gasteiger partial charge in [0, 0.05) is 18.1 Å². The van der Waals surface area contributed by atoms with Crippen molar-refractivity contribution in [1.82, 2.24) is 20.6 Å². The average molecular weight is 553 g/mol. The van der Waals surface area contributed by atoms with Crippen LogP contribution in [0.5, 0.6) is 0 Å². The van der Waals surface area contributed by atoms with Gasteiger partial charge in [0.15, 0.2) is 5.96 Å². The average Bonchev–Trinajstić information content (AvgIpc) is 3.14. The molecule has 2 aromatic heterocycles. The van der Waals surface area contributed by atoms with Crippen LogP contribution in [-0.4, -0.2) is 35.0 Å². The number of nitrogens with zero attached hydrogens (tertiary/aromatic N) is 3. The number of benzene rings is 1. The molecule has 9 heteroatoms. The first-order valence-corrected chi connectivity index (χ1v) is 10.9. The number of ether oxygens (including phenoxy) is 1. The smallest absolute Gasteiger partial charge is 0.350 e. The lowest BCUT2D eigenvalue weighted by atomic mass is 10.1. The van der Waals surface area contributed by atoms with Crippen LogP contribution >= 0.6 is 35.3 Å². The van der Waals surface area contributed by atoms with Crippen molar-refractivity contribution < 1.29 is 9.53 Å². The molecule has 1 unspecified atom stereocenters. The Kier molecular flexibility index (Phi) is 9.63. The fourth-order valence-electron chi connectivity index (χ4n) is 3.03. The first-order valence-electron chi connectivity index (χ1n) is 10.0. The molecule has 166 valence electrons. The summed E-state index contributed by atoms with van der Waals surface area (Å²) >= 11 is 1.35. The molecule has 31 heavy (non-hydrogen) atoms. The number of fused-ring (bicyclic) bond motifs is 1. The minimum Gasteiger partial charge on any atom is -0.462 e. The standard InChI is InChI=1S/C22H27N5O2S.HI/c1-5-23-22(25-13-17-10-7-9-16-11-8-12-24-18(16)17)27-15(4)20-26-14(3)19(30-20)21(28)29-6-2;/h7-12,15H,5-6,13H2,1-4H3,(H2,23,25,27);1H. The van der Waals surface area contributed by atoms with Crippen molar-refractivity contribution in [1.29, 1.82) is 0 Å². The molecule has 0 saturated carbocycles. The third-order valence-electron chi connectivity index (χ3n) is 4.47. The summed E-state index contributed by atoms with van der Waals surface area (Å²) in [6.45, 7) is 9.22. The number of nitrogens with one attached hydrogen (secondary N) is 2. The number of carbonyl (C=O) groups is 1. The Morgan fingerprint density at radius 1 is 1.26 bits per heavy atom. The topological polar surface area (TPSA) is 88.5 Å². The van der Waals surface area contributed by atoms with Gasteiger partial charge in [0.1, 0.15) is 9.88 Å². The highest BCUT2D eigenvalue weighted by molar-refractivity contribution is 14.0. The predicted octanol–water partition coefficient (Wildman–Crippen LogP) is 4.61. The summed E-state index contributed by atoms with van der Waals surface area (Å²) in [5, 5.41) is 8.56. The number of aryl methyl sites for hydroxylation is 1. The van der Waals surface area contributed by atoms with E-state index in [1.165, 1.54) is 11.3 Å². The molecule has 3 aromatic rings. The maximum atomic E-state index is 12.1. The summed E-state index contributed by atoms with van der Waals surface area (Å²) in [5.41, 5.74) is 2.71. The maximum Gasteiger partial charge on any atom is 0.350 e. The minimum absolute atomic E-state index is 0. The molecule has 3 rings (SSSR count). The number of hydrogen-bond donors (Lipinski definition) is 2. The van der Waals surface area contributed by atoms with Crippen molar-refractivity contribution in [2.75, 3.05) is 13.2 Å². The summed E-state index contributed by atoms with van der Waals surface area (Å²) in [5.74, 6) is 0.360. The quantitative estimate of drug-likeness (QED) is 0.192. The summed E-state index contributed by atoms with van der Waals surface area (Å²) in [7, 11) is 0. The van der Waals surface area contributed by atoms with Crippen LogP contribution in [0.15, 0.2) is 41.5 Å². The molecule has 0 spiro atoms. The van der Waals surface area contributed by atoms with Gasteiger partial charge in [-0.15, -0.1) is 35.3 Å². The molecule has 2 heterocycles. The molecule has 1 atom stereocenters. The van der Waals surface area contributed by atoms with E-state index in [0.717, 1.165) is 28.0 Å². The third-order valence-corrected chi connectivity index (χ3v) is 5.79. The van der Waals surface area contributed by atoms with Crippen molar-refractivity contribution in [2.45, 2.75) is 40.3 Å². The molecular formula is C22H28IN5O2S. The van der Waals surface area contributed by atoms with Gasteiger partial charge in [-0.05, 0) is 39.3 Å². The van der Waals surface area contributed by atoms with E-state index in [1.54, 1.807) is 13.1 Å². The molecule has 2 N–H and O–H groups in total. The number of thiazole rings is 1. The third kappa shape index (κ3) is 6.36. The van der Waals surface area contributed by atoms with E-state index in [1.807, 2.05) is 51.1 Å². The molecule has 0 amide bonds. The van der Waals surface area contributed by atoms with Gasteiger partial charge < -0.3 is 15.4 Å². The van der Waals surface area contributed by atoms with Gasteiger partial charge in [0.2, 0.25) is 0 Å². The first kappa shape index (κ1) is 25.0. The van der Waals surface area contributed by atoms with Crippen LogP contribution in [0.4, 0.5) is 0 Å². The number of guanidine groups is 1. The van der Waals surface area contributed by atoms with E-state index in [4.69, 9.17) is 9.73 Å². The van der Waals surface area contributed by atoms with Crippen molar-refractivity contribution >= 4 is 58.1 Å². The van der Waals surface area contributed by atoms with Crippen LogP contribution in [0.2, 0.25) is 0 Å². The number of hydrogen-bond acceptors (Lipinski definition) is 6. The number of carbonyl (C=O) groups excluding carboxylic acids is 1. The zero-order chi connectivity index (χ0) is 21.5. The highest BCUT2D eigenvalue weighted by Crippen LogP contribution is 2.24. The minimum atomic E-state index is -0.324. The molecule has 0 fully saturated rings. The van der Waals surface area contributed by atoms with Gasteiger partial charge >= 0.3 is 5.97 Å². The number of para-hydroxylation sites is 1. The van der Waals surface area contributed by atoms with E-state index in [2.05, 4.69) is 20.6 Å². The van der Waals surface area contributed by atoms with E-state index >= 15 is 0 Å². The van der Waals surface area contributed by atoms with Gasteiger partial charge in [-0.3, -0.25) is 4.98 Å². The van der Waals surface area contributed by atoms with Crippen molar-refractivity contribution in [3.63, 3.8) is 0 Å². The molecule has 0 saturated heterocycles. The number of aromatic nitrogens is 2. The van der Waals surface area contributed by atoms with Crippen molar-refractivity contribution in [3.05, 3.63) is 57.7 Å². The Balaban J connectivity index is 0.00000341. The number of rotatable bonds is 7. The van der Waals surface area contributed by atoms with Crippen LogP contribution in [0, 0.1) is 6.92 Å². The number of esters is 1. The van der Waals surface area contributed by atoms with Crippen LogP contribution in [0.25, 0.3) is 10.9 Å². The van der Waals surface area contributed by atoms with Crippen molar-refractivity contribution in [3.8, 4) is 0 Å². The van der Waals surface area contributed by atoms with Crippen LogP contribution < -0.4 is 10.6 Å². The molecular weight excluding hydrogens is 525 g/mol. The second-order valence-corrected chi connectivity index (χ2v) is 7.77. The molecule has 0 aliphatic heterocycles. The lowest BCUT2D eigenvalue weighted by Crippen LogP contribution is -2.38. The van der Waals surface area contributed by atoms with E-state index in [0.29, 0.717) is 29.7 Å². The number of pyridine rings is 1. The normalized spacial score (nSPS) is 12.2. The lowest BCUT2D eigenvalue weighted by Gasteiger charge is -2.16. The molecule has 0 aliphatic carbocycles. The van der Waals surface area contributed by atoms with Gasteiger partial charge in [0.05, 0.1) is 30.4 Å². The monoisotopic (exact) mass is 553 g/mol. The molecule has 0 aliphatic rings. The fraction of sp³-hybridized carbons (Fsp3) is 0.364. The van der Waals surface area contributed by atoms with Crippen LogP contribution in [0.1, 0.15) is 52.7 Å². The van der Waals surface area contributed by atoms with Crippen LogP contribution in [0.3, 0.4) is 0 Å². The van der Waals surface area contributed by atoms with Gasteiger partial charge in [0.25, 0.3) is 0 Å². The second kappa shape index (κ2) is 11.9. The van der Waals surface area contributed by atoms with Crippen molar-refractivity contribution in [2.24, 2.45) is 4.99 Å².